The third-order valence-electron chi connectivity index (χ3n) is 5.73. The average Bonchev–Trinajstić information content (AvgIpc) is 3.28. The molecule has 0 radical (unpaired) electrons. The van der Waals surface area contributed by atoms with E-state index in [1.54, 1.807) is 64.3 Å². The Morgan fingerprint density at radius 3 is 2.39 bits per heavy atom. The van der Waals surface area contributed by atoms with Crippen LogP contribution in [0.5, 0.6) is 5.75 Å². The summed E-state index contributed by atoms with van der Waals surface area (Å²) in [5, 5.41) is 11.8. The van der Waals surface area contributed by atoms with Crippen LogP contribution in [0.15, 0.2) is 57.8 Å². The van der Waals surface area contributed by atoms with Crippen LogP contribution in [0.4, 0.5) is 5.69 Å². The lowest BCUT2D eigenvalue weighted by Crippen LogP contribution is -2.35. The highest BCUT2D eigenvalue weighted by Crippen LogP contribution is 2.29. The second-order valence-corrected chi connectivity index (χ2v) is 8.00. The molecule has 4 aromatic rings. The van der Waals surface area contributed by atoms with E-state index in [0.717, 1.165) is 4.68 Å². The Labute approximate surface area is 206 Å². The van der Waals surface area contributed by atoms with Gasteiger partial charge in [-0.05, 0) is 68.8 Å². The fraction of sp³-hybridized carbons (Fsp3) is 0.269. The van der Waals surface area contributed by atoms with Crippen LogP contribution in [0.3, 0.4) is 0 Å². The zero-order valence-corrected chi connectivity index (χ0v) is 20.4. The third-order valence-corrected chi connectivity index (χ3v) is 5.73. The maximum Gasteiger partial charge on any atom is 0.338 e. The molecule has 0 unspecified atom stereocenters. The lowest BCUT2D eigenvalue weighted by Gasteiger charge is -2.18. The number of hydrogen-bond acceptors (Lipinski definition) is 8. The topological polar surface area (TPSA) is 126 Å². The second kappa shape index (κ2) is 10.4. The molecule has 0 aliphatic heterocycles. The van der Waals surface area contributed by atoms with Gasteiger partial charge >= 0.3 is 5.97 Å². The number of carbonyl (C=O) groups is 2. The van der Waals surface area contributed by atoms with Crippen LogP contribution in [0.1, 0.15) is 42.4 Å². The van der Waals surface area contributed by atoms with E-state index in [-0.39, 0.29) is 12.1 Å². The van der Waals surface area contributed by atoms with Gasteiger partial charge in [-0.25, -0.2) is 9.48 Å². The summed E-state index contributed by atoms with van der Waals surface area (Å²) in [6, 6.07) is 12.6. The number of esters is 1. The number of rotatable bonds is 8. The van der Waals surface area contributed by atoms with Crippen molar-refractivity contribution < 1.29 is 23.6 Å². The molecule has 2 aromatic heterocycles. The highest BCUT2D eigenvalue weighted by atomic mass is 16.5. The Balaban J connectivity index is 1.71. The molecule has 0 aliphatic rings. The van der Waals surface area contributed by atoms with Gasteiger partial charge < -0.3 is 19.3 Å². The van der Waals surface area contributed by atoms with Crippen molar-refractivity contribution in [3.05, 3.63) is 70.2 Å². The summed E-state index contributed by atoms with van der Waals surface area (Å²) in [6.45, 7) is 5.49. The number of aromatic nitrogens is 3. The van der Waals surface area contributed by atoms with Crippen LogP contribution in [-0.2, 0) is 9.53 Å². The van der Waals surface area contributed by atoms with E-state index in [1.165, 1.54) is 0 Å². The first-order chi connectivity index (χ1) is 17.4. The Morgan fingerprint density at radius 2 is 1.78 bits per heavy atom. The van der Waals surface area contributed by atoms with Crippen molar-refractivity contribution in [3.8, 4) is 17.0 Å². The molecule has 10 nitrogen and oxygen atoms in total. The van der Waals surface area contributed by atoms with E-state index in [2.05, 4.69) is 15.6 Å². The number of methoxy groups -OCH3 is 1. The normalized spacial score (nSPS) is 11.8. The van der Waals surface area contributed by atoms with Gasteiger partial charge in [0.15, 0.2) is 5.52 Å². The predicted octanol–water partition coefficient (Wildman–Crippen LogP) is 4.14. The Morgan fingerprint density at radius 1 is 1.08 bits per heavy atom. The number of nitrogens with zero attached hydrogens (tertiary/aromatic N) is 3. The zero-order chi connectivity index (χ0) is 25.8. The molecular weight excluding hydrogens is 464 g/mol. The van der Waals surface area contributed by atoms with Crippen LogP contribution in [-0.4, -0.2) is 40.5 Å². The van der Waals surface area contributed by atoms with E-state index in [1.807, 2.05) is 12.1 Å². The third kappa shape index (κ3) is 4.70. The van der Waals surface area contributed by atoms with Gasteiger partial charge in [-0.15, -0.1) is 0 Å². The van der Waals surface area contributed by atoms with Crippen LogP contribution < -0.4 is 15.6 Å². The van der Waals surface area contributed by atoms with E-state index in [4.69, 9.17) is 14.0 Å². The highest BCUT2D eigenvalue weighted by molar-refractivity contribution is 5.96. The number of carbonyl (C=O) groups excluding carboxylic acids is 2. The molecule has 10 heteroatoms. The first-order valence-corrected chi connectivity index (χ1v) is 11.5. The highest BCUT2D eigenvalue weighted by Gasteiger charge is 2.26. The molecule has 186 valence electrons. The standard InChI is InChI=1S/C26H26N4O6/c1-5-20(24(31)27-18-11-7-17(8-12-18)26(33)35-6-2)30-25(32)23-21(15(3)36-29-23)22(28-30)16-9-13-19(34-4)14-10-16/h7-14,20H,5-6H2,1-4H3,(H,27,31)/t20-/m1/s1. The van der Waals surface area contributed by atoms with Crippen molar-refractivity contribution in [2.24, 2.45) is 0 Å². The van der Waals surface area contributed by atoms with Crippen LogP contribution in [0, 0.1) is 6.92 Å². The number of fused-ring (bicyclic) bond motifs is 1. The molecule has 36 heavy (non-hydrogen) atoms. The van der Waals surface area contributed by atoms with Crippen LogP contribution in [0.25, 0.3) is 22.2 Å². The van der Waals surface area contributed by atoms with Gasteiger partial charge in [-0.1, -0.05) is 12.1 Å². The van der Waals surface area contributed by atoms with Gasteiger partial charge in [0, 0.05) is 11.3 Å². The van der Waals surface area contributed by atoms with E-state index >= 15 is 0 Å². The summed E-state index contributed by atoms with van der Waals surface area (Å²) < 4.78 is 16.7. The van der Waals surface area contributed by atoms with Crippen molar-refractivity contribution in [1.82, 2.24) is 14.9 Å². The molecule has 0 fully saturated rings. The molecule has 2 aromatic carbocycles. The van der Waals surface area contributed by atoms with Gasteiger partial charge in [0.25, 0.3) is 5.56 Å². The van der Waals surface area contributed by atoms with Crippen molar-refractivity contribution >= 4 is 28.5 Å². The molecule has 0 aliphatic carbocycles. The summed E-state index contributed by atoms with van der Waals surface area (Å²) in [6.07, 6.45) is 0.296. The number of aryl methyl sites for hydroxylation is 1. The number of benzene rings is 2. The number of nitrogens with one attached hydrogen (secondary N) is 1. The SMILES string of the molecule is CCOC(=O)c1ccc(NC(=O)[C@@H](CC)n2nc(-c3ccc(OC)cc3)c3c(C)onc3c2=O)cc1. The van der Waals surface area contributed by atoms with Gasteiger partial charge in [-0.3, -0.25) is 9.59 Å². The number of hydrogen-bond donors (Lipinski definition) is 1. The molecule has 1 amide bonds. The van der Waals surface area contributed by atoms with Crippen molar-refractivity contribution in [2.45, 2.75) is 33.2 Å². The van der Waals surface area contributed by atoms with Gasteiger partial charge in [0.2, 0.25) is 5.91 Å². The maximum absolute atomic E-state index is 13.3. The zero-order valence-electron chi connectivity index (χ0n) is 20.4. The number of amides is 1. The quantitative estimate of drug-likeness (QED) is 0.365. The smallest absolute Gasteiger partial charge is 0.338 e. The molecule has 1 N–H and O–H groups in total. The van der Waals surface area contributed by atoms with E-state index in [9.17, 15) is 14.4 Å². The molecule has 0 bridgehead atoms. The van der Waals surface area contributed by atoms with Crippen LogP contribution >= 0.6 is 0 Å². The second-order valence-electron chi connectivity index (χ2n) is 8.00. The lowest BCUT2D eigenvalue weighted by atomic mass is 10.1. The van der Waals surface area contributed by atoms with Gasteiger partial charge in [0.05, 0.1) is 24.7 Å². The number of anilines is 1. The summed E-state index contributed by atoms with van der Waals surface area (Å²) in [7, 11) is 1.57. The van der Waals surface area contributed by atoms with Crippen LogP contribution in [0.2, 0.25) is 0 Å². The van der Waals surface area contributed by atoms with Gasteiger partial charge in [-0.2, -0.15) is 5.10 Å². The van der Waals surface area contributed by atoms with Crippen molar-refractivity contribution in [3.63, 3.8) is 0 Å². The molecule has 0 saturated carbocycles. The van der Waals surface area contributed by atoms with Crippen molar-refractivity contribution in [2.75, 3.05) is 19.0 Å². The molecule has 2 heterocycles. The molecular formula is C26H26N4O6. The predicted molar refractivity (Wildman–Crippen MR) is 133 cm³/mol. The molecule has 0 saturated heterocycles. The summed E-state index contributed by atoms with van der Waals surface area (Å²) in [5.74, 6) is 0.243. The largest absolute Gasteiger partial charge is 0.497 e. The average molecular weight is 491 g/mol. The molecule has 0 spiro atoms. The maximum atomic E-state index is 13.3. The summed E-state index contributed by atoms with van der Waals surface area (Å²) in [4.78, 5) is 38.4. The van der Waals surface area contributed by atoms with Gasteiger partial charge in [0.1, 0.15) is 23.2 Å². The van der Waals surface area contributed by atoms with E-state index < -0.39 is 23.5 Å². The fourth-order valence-electron chi connectivity index (χ4n) is 3.87. The molecule has 1 atom stereocenters. The minimum Gasteiger partial charge on any atom is -0.497 e. The number of ether oxygens (including phenoxy) is 2. The summed E-state index contributed by atoms with van der Waals surface area (Å²) in [5.41, 5.74) is 1.59. The fourth-order valence-corrected chi connectivity index (χ4v) is 3.87. The Hall–Kier alpha value is -4.47. The Bertz CT molecular complexity index is 1460. The minimum absolute atomic E-state index is 0.0957. The lowest BCUT2D eigenvalue weighted by molar-refractivity contribution is -0.119. The van der Waals surface area contributed by atoms with E-state index in [0.29, 0.717) is 45.8 Å². The Kier molecular flexibility index (Phi) is 7.14. The first-order valence-electron chi connectivity index (χ1n) is 11.5. The minimum atomic E-state index is -0.916. The molecule has 4 rings (SSSR count). The summed E-state index contributed by atoms with van der Waals surface area (Å²) >= 11 is 0. The first kappa shape index (κ1) is 24.6. The van der Waals surface area contributed by atoms with Crippen molar-refractivity contribution in [1.29, 1.82) is 0 Å². The monoisotopic (exact) mass is 490 g/mol.